The molecule has 86 valence electrons. The van der Waals surface area contributed by atoms with Crippen LogP contribution in [0, 0.1) is 5.92 Å². The Hall–Kier alpha value is -0.870. The number of carboxylic acid groups (broad SMARTS) is 1. The first-order valence-corrected chi connectivity index (χ1v) is 6.17. The van der Waals surface area contributed by atoms with Crippen LogP contribution in [-0.4, -0.2) is 24.2 Å². The van der Waals surface area contributed by atoms with E-state index in [4.69, 9.17) is 0 Å². The summed E-state index contributed by atoms with van der Waals surface area (Å²) in [5.41, 5.74) is 1.11. The summed E-state index contributed by atoms with van der Waals surface area (Å²) in [6, 6.07) is 7.95. The van der Waals surface area contributed by atoms with Crippen LogP contribution in [0.2, 0.25) is 0 Å². The highest BCUT2D eigenvalue weighted by Gasteiger charge is 2.31. The van der Waals surface area contributed by atoms with Crippen LogP contribution >= 0.6 is 15.9 Å². The lowest BCUT2D eigenvalue weighted by Crippen LogP contribution is -2.39. The summed E-state index contributed by atoms with van der Waals surface area (Å²) in [7, 11) is 0. The second-order valence-electron chi connectivity index (χ2n) is 4.10. The summed E-state index contributed by atoms with van der Waals surface area (Å²) in [5, 5.41) is 12.3. The molecule has 1 saturated heterocycles. The third-order valence-corrected chi connectivity index (χ3v) is 3.57. The first-order chi connectivity index (χ1) is 7.68. The van der Waals surface area contributed by atoms with E-state index in [1.54, 1.807) is 0 Å². The average molecular weight is 284 g/mol. The van der Waals surface area contributed by atoms with Gasteiger partial charge in [0.05, 0.1) is 5.92 Å². The summed E-state index contributed by atoms with van der Waals surface area (Å²) in [5.74, 6) is -0.906. The summed E-state index contributed by atoms with van der Waals surface area (Å²) < 4.78 is 1.01. The summed E-state index contributed by atoms with van der Waals surface area (Å²) in [6.45, 7) is 1.45. The molecule has 2 unspecified atom stereocenters. The van der Waals surface area contributed by atoms with Crippen molar-refractivity contribution in [2.24, 2.45) is 5.92 Å². The van der Waals surface area contributed by atoms with E-state index in [1.807, 2.05) is 24.3 Å². The first kappa shape index (κ1) is 11.6. The maximum Gasteiger partial charge on any atom is 0.308 e. The molecule has 2 rings (SSSR count). The van der Waals surface area contributed by atoms with Crippen LogP contribution in [0.5, 0.6) is 0 Å². The van der Waals surface area contributed by atoms with Gasteiger partial charge in [-0.25, -0.2) is 0 Å². The van der Waals surface area contributed by atoms with Crippen molar-refractivity contribution in [3.05, 3.63) is 34.3 Å². The van der Waals surface area contributed by atoms with Gasteiger partial charge in [0.1, 0.15) is 0 Å². The monoisotopic (exact) mass is 283 g/mol. The zero-order valence-corrected chi connectivity index (χ0v) is 10.4. The van der Waals surface area contributed by atoms with E-state index < -0.39 is 5.97 Å². The SMILES string of the molecule is O=C(O)C1CNCCC1c1cccc(Br)c1. The molecule has 1 aromatic rings. The van der Waals surface area contributed by atoms with Crippen LogP contribution in [0.3, 0.4) is 0 Å². The molecule has 0 radical (unpaired) electrons. The number of hydrogen-bond donors (Lipinski definition) is 2. The lowest BCUT2D eigenvalue weighted by Gasteiger charge is -2.29. The van der Waals surface area contributed by atoms with Crippen LogP contribution < -0.4 is 5.32 Å². The number of carboxylic acids is 1. The maximum atomic E-state index is 11.2. The largest absolute Gasteiger partial charge is 0.481 e. The van der Waals surface area contributed by atoms with Gasteiger partial charge in [-0.15, -0.1) is 0 Å². The number of rotatable bonds is 2. The van der Waals surface area contributed by atoms with E-state index in [-0.39, 0.29) is 11.8 Å². The standard InChI is InChI=1S/C12H14BrNO2/c13-9-3-1-2-8(6-9)10-4-5-14-7-11(10)12(15)16/h1-3,6,10-11,14H,4-5,7H2,(H,15,16). The van der Waals surface area contributed by atoms with Crippen LogP contribution in [0.1, 0.15) is 17.9 Å². The van der Waals surface area contributed by atoms with Crippen molar-refractivity contribution in [1.82, 2.24) is 5.32 Å². The number of aliphatic carboxylic acids is 1. The third kappa shape index (κ3) is 2.44. The Labute approximate surface area is 103 Å². The van der Waals surface area contributed by atoms with Crippen molar-refractivity contribution in [2.45, 2.75) is 12.3 Å². The van der Waals surface area contributed by atoms with E-state index in [2.05, 4.69) is 21.2 Å². The molecule has 2 N–H and O–H groups in total. The maximum absolute atomic E-state index is 11.2. The van der Waals surface area contributed by atoms with Crippen molar-refractivity contribution in [2.75, 3.05) is 13.1 Å². The first-order valence-electron chi connectivity index (χ1n) is 5.37. The molecule has 4 heteroatoms. The van der Waals surface area contributed by atoms with Crippen molar-refractivity contribution in [3.8, 4) is 0 Å². The Kier molecular flexibility index (Phi) is 3.61. The van der Waals surface area contributed by atoms with Gasteiger partial charge in [0.25, 0.3) is 0 Å². The van der Waals surface area contributed by atoms with Gasteiger partial charge in [-0.1, -0.05) is 28.1 Å². The predicted molar refractivity (Wildman–Crippen MR) is 65.5 cm³/mol. The molecule has 0 aliphatic carbocycles. The van der Waals surface area contributed by atoms with Gasteiger partial charge < -0.3 is 10.4 Å². The lowest BCUT2D eigenvalue weighted by molar-refractivity contribution is -0.142. The Balaban J connectivity index is 2.26. The summed E-state index contributed by atoms with van der Waals surface area (Å²) in [6.07, 6.45) is 0.882. The molecule has 0 spiro atoms. The van der Waals surface area contributed by atoms with Gasteiger partial charge in [-0.3, -0.25) is 4.79 Å². The molecular weight excluding hydrogens is 270 g/mol. The Morgan fingerprint density at radius 2 is 2.31 bits per heavy atom. The second kappa shape index (κ2) is 4.97. The Morgan fingerprint density at radius 1 is 1.50 bits per heavy atom. The number of benzene rings is 1. The molecule has 1 aliphatic rings. The number of halogens is 1. The second-order valence-corrected chi connectivity index (χ2v) is 5.01. The predicted octanol–water partition coefficient (Wildman–Crippen LogP) is 2.23. The summed E-state index contributed by atoms with van der Waals surface area (Å²) in [4.78, 5) is 11.2. The molecule has 0 aromatic heterocycles. The van der Waals surface area contributed by atoms with E-state index >= 15 is 0 Å². The van der Waals surface area contributed by atoms with Crippen LogP contribution in [0.25, 0.3) is 0 Å². The highest BCUT2D eigenvalue weighted by Crippen LogP contribution is 2.31. The smallest absolute Gasteiger partial charge is 0.308 e. The molecule has 1 heterocycles. The highest BCUT2D eigenvalue weighted by atomic mass is 79.9. The van der Waals surface area contributed by atoms with Crippen LogP contribution in [-0.2, 0) is 4.79 Å². The molecule has 2 atom stereocenters. The molecule has 0 amide bonds. The topological polar surface area (TPSA) is 49.3 Å². The number of piperidine rings is 1. The fourth-order valence-corrected chi connectivity index (χ4v) is 2.67. The minimum atomic E-state index is -0.711. The normalized spacial score (nSPS) is 25.3. The molecular formula is C12H14BrNO2. The van der Waals surface area contributed by atoms with Gasteiger partial charge in [0.2, 0.25) is 0 Å². The minimum Gasteiger partial charge on any atom is -0.481 e. The van der Waals surface area contributed by atoms with Crippen molar-refractivity contribution in [1.29, 1.82) is 0 Å². The van der Waals surface area contributed by atoms with Gasteiger partial charge in [0, 0.05) is 11.0 Å². The molecule has 0 saturated carbocycles. The lowest BCUT2D eigenvalue weighted by atomic mass is 9.81. The van der Waals surface area contributed by atoms with Crippen molar-refractivity contribution in [3.63, 3.8) is 0 Å². The van der Waals surface area contributed by atoms with Gasteiger partial charge in [0.15, 0.2) is 0 Å². The van der Waals surface area contributed by atoms with Gasteiger partial charge in [-0.05, 0) is 36.6 Å². The minimum absolute atomic E-state index is 0.122. The zero-order chi connectivity index (χ0) is 11.5. The number of nitrogens with one attached hydrogen (secondary N) is 1. The molecule has 1 aromatic carbocycles. The van der Waals surface area contributed by atoms with Crippen LogP contribution in [0.4, 0.5) is 0 Å². The molecule has 1 aliphatic heterocycles. The molecule has 16 heavy (non-hydrogen) atoms. The van der Waals surface area contributed by atoms with Gasteiger partial charge >= 0.3 is 5.97 Å². The number of hydrogen-bond acceptors (Lipinski definition) is 2. The molecule has 3 nitrogen and oxygen atoms in total. The fourth-order valence-electron chi connectivity index (χ4n) is 2.25. The Morgan fingerprint density at radius 3 is 3.00 bits per heavy atom. The zero-order valence-electron chi connectivity index (χ0n) is 8.82. The quantitative estimate of drug-likeness (QED) is 0.875. The highest BCUT2D eigenvalue weighted by molar-refractivity contribution is 9.10. The van der Waals surface area contributed by atoms with Crippen molar-refractivity contribution < 1.29 is 9.90 Å². The molecule has 1 fully saturated rings. The van der Waals surface area contributed by atoms with Crippen LogP contribution in [0.15, 0.2) is 28.7 Å². The van der Waals surface area contributed by atoms with Crippen molar-refractivity contribution >= 4 is 21.9 Å². The number of carbonyl (C=O) groups is 1. The molecule has 0 bridgehead atoms. The fraction of sp³-hybridized carbons (Fsp3) is 0.417. The van der Waals surface area contributed by atoms with E-state index in [1.165, 1.54) is 0 Å². The summed E-state index contributed by atoms with van der Waals surface area (Å²) >= 11 is 3.42. The average Bonchev–Trinajstić information content (AvgIpc) is 2.29. The van der Waals surface area contributed by atoms with E-state index in [9.17, 15) is 9.90 Å². The Bertz CT molecular complexity index is 394. The van der Waals surface area contributed by atoms with E-state index in [0.29, 0.717) is 6.54 Å². The third-order valence-electron chi connectivity index (χ3n) is 3.08. The van der Waals surface area contributed by atoms with Gasteiger partial charge in [-0.2, -0.15) is 0 Å². The van der Waals surface area contributed by atoms with E-state index in [0.717, 1.165) is 23.0 Å².